The van der Waals surface area contributed by atoms with E-state index in [0.717, 1.165) is 0 Å². The quantitative estimate of drug-likeness (QED) is 0.368. The summed E-state index contributed by atoms with van der Waals surface area (Å²) in [5.74, 6) is 0. The second kappa shape index (κ2) is 48.9. The van der Waals surface area contributed by atoms with E-state index in [1.54, 1.807) is 0 Å². The van der Waals surface area contributed by atoms with Gasteiger partial charge in [-0.3, -0.25) is 0 Å². The molecule has 0 spiro atoms. The summed E-state index contributed by atoms with van der Waals surface area (Å²) in [4.78, 5) is 0. The monoisotopic (exact) mass is 235 g/mol. The van der Waals surface area contributed by atoms with Gasteiger partial charge < -0.3 is 24.8 Å². The van der Waals surface area contributed by atoms with Gasteiger partial charge in [0.2, 0.25) is 0 Å². The van der Waals surface area contributed by atoms with Gasteiger partial charge in [-0.25, -0.2) is 0 Å². The summed E-state index contributed by atoms with van der Waals surface area (Å²) in [6.07, 6.45) is 9.00. The Kier molecular flexibility index (Phi) is 306. The summed E-state index contributed by atoms with van der Waals surface area (Å²) in [7, 11) is 0. The molecule has 0 heterocycles. The molecule has 0 nitrogen and oxygen atoms in total. The summed E-state index contributed by atoms with van der Waals surface area (Å²) < 4.78 is 0. The maximum atomic E-state index is 5.25. The number of halogens is 2. The van der Waals surface area contributed by atoms with Crippen molar-refractivity contribution in [3.8, 4) is 6.42 Å². The van der Waals surface area contributed by atoms with Crippen LogP contribution in [0.25, 0.3) is 0 Å². The Morgan fingerprint density at radius 3 is 1.00 bits per heavy atom. The molecule has 0 aromatic rings. The van der Waals surface area contributed by atoms with Crippen molar-refractivity contribution in [2.75, 3.05) is 0 Å². The first-order valence-corrected chi connectivity index (χ1v) is 0.289. The van der Waals surface area contributed by atoms with E-state index in [1.807, 2.05) is 0 Å². The van der Waals surface area contributed by atoms with Gasteiger partial charge in [0.25, 0.3) is 0 Å². The second-order valence-corrected chi connectivity index (χ2v) is 0. The standard InChI is InChI=1S/C2H.Ce.2ClH/c1-2;;;/h1H;;2*1H/p-2. The Balaban J connectivity index is -0.00000000167. The molecule has 0 amide bonds. The zero-order valence-corrected chi connectivity index (χ0v) is 6.99. The number of rotatable bonds is 0. The molecule has 0 bridgehead atoms. The maximum Gasteiger partial charge on any atom is 0 e. The molecule has 0 aliphatic heterocycles. The van der Waals surface area contributed by atoms with Gasteiger partial charge in [0.05, 0.1) is 0 Å². The fraction of sp³-hybridized carbons (Fsp3) is 0. The minimum absolute atomic E-state index is 0. The third-order valence-corrected chi connectivity index (χ3v) is 0. The second-order valence-electron chi connectivity index (χ2n) is 0. The first kappa shape index (κ1) is 31.3. The molecule has 0 aromatic carbocycles. The molecule has 0 fully saturated rings. The zero-order chi connectivity index (χ0) is 2.00. The van der Waals surface area contributed by atoms with Gasteiger partial charge in [0.15, 0.2) is 0 Å². The normalized spacial score (nSPS) is 0.400. The molecule has 0 atom stereocenters. The SMILES string of the molecule is [C]#C.[Ce].[Cl-].[Cl-]. The fourth-order valence-electron chi connectivity index (χ4n) is 0. The van der Waals surface area contributed by atoms with Crippen molar-refractivity contribution in [3.05, 3.63) is 6.42 Å². The molecule has 3 heteroatoms. The number of terminal acetylenes is 1. The van der Waals surface area contributed by atoms with Crippen LogP contribution in [-0.2, 0) is 0 Å². The molecule has 0 rings (SSSR count). The molecule has 5 heavy (non-hydrogen) atoms. The topological polar surface area (TPSA) is 0 Å². The fourth-order valence-corrected chi connectivity index (χ4v) is 0. The summed E-state index contributed by atoms with van der Waals surface area (Å²) in [5, 5.41) is 0. The van der Waals surface area contributed by atoms with E-state index in [0.29, 0.717) is 0 Å². The van der Waals surface area contributed by atoms with E-state index in [9.17, 15) is 0 Å². The number of hydrogen-bond acceptors (Lipinski definition) is 0. The maximum absolute atomic E-state index is 5.25. The first-order chi connectivity index (χ1) is 1.00. The van der Waals surface area contributed by atoms with Crippen LogP contribution in [0.2, 0.25) is 0 Å². The van der Waals surface area contributed by atoms with Crippen LogP contribution < -0.4 is 24.8 Å². The molecule has 0 saturated carbocycles. The Morgan fingerprint density at radius 1 is 1.00 bits per heavy atom. The molecule has 29 valence electrons. The van der Waals surface area contributed by atoms with Crippen LogP contribution in [0.4, 0.5) is 0 Å². The van der Waals surface area contributed by atoms with Crippen molar-refractivity contribution in [1.29, 1.82) is 0 Å². The van der Waals surface area contributed by atoms with Crippen molar-refractivity contribution in [1.82, 2.24) is 0 Å². The predicted octanol–water partition coefficient (Wildman–Crippen LogP) is -5.79. The van der Waals surface area contributed by atoms with Gasteiger partial charge in [-0.2, -0.15) is 0 Å². The average Bonchev–Trinajstić information content (AvgIpc) is 1.00. The molecule has 0 aliphatic carbocycles. The van der Waals surface area contributed by atoms with E-state index in [-0.39, 0.29) is 66.6 Å². The van der Waals surface area contributed by atoms with Crippen molar-refractivity contribution in [2.45, 2.75) is 0 Å². The third-order valence-electron chi connectivity index (χ3n) is 0. The average molecular weight is 236 g/mol. The molecule has 0 aliphatic rings. The van der Waals surface area contributed by atoms with E-state index in [1.165, 1.54) is 0 Å². The van der Waals surface area contributed by atoms with Crippen molar-refractivity contribution >= 4 is 0 Å². The smallest absolute Gasteiger partial charge is 0 e. The van der Waals surface area contributed by atoms with E-state index >= 15 is 0 Å². The van der Waals surface area contributed by atoms with Crippen molar-refractivity contribution in [3.63, 3.8) is 0 Å². The predicted molar refractivity (Wildman–Crippen MR) is 8.19 cm³/mol. The molecule has 1 radical (unpaired) electrons. The summed E-state index contributed by atoms with van der Waals surface area (Å²) >= 11 is 0. The van der Waals surface area contributed by atoms with Crippen LogP contribution in [-0.4, -0.2) is 0 Å². The molecule has 0 aromatic heterocycles. The van der Waals surface area contributed by atoms with Crippen LogP contribution in [0, 0.1) is 54.6 Å². The minimum Gasteiger partial charge on any atom is -1.00 e. The summed E-state index contributed by atoms with van der Waals surface area (Å²) in [6.45, 7) is 0. The van der Waals surface area contributed by atoms with Crippen molar-refractivity contribution < 1.29 is 66.6 Å². The van der Waals surface area contributed by atoms with Crippen LogP contribution in [0.1, 0.15) is 0 Å². The Labute approximate surface area is 78.3 Å². The van der Waals surface area contributed by atoms with Gasteiger partial charge in [0, 0.05) is 41.7 Å². The van der Waals surface area contributed by atoms with Crippen LogP contribution in [0.5, 0.6) is 0 Å². The van der Waals surface area contributed by atoms with E-state index in [2.05, 4.69) is 6.42 Å². The van der Waals surface area contributed by atoms with Gasteiger partial charge in [-0.15, -0.1) is 6.42 Å². The van der Waals surface area contributed by atoms with Crippen molar-refractivity contribution in [2.24, 2.45) is 0 Å². The number of hydrogen-bond donors (Lipinski definition) is 0. The Morgan fingerprint density at radius 2 is 1.00 bits per heavy atom. The van der Waals surface area contributed by atoms with E-state index < -0.39 is 0 Å². The van der Waals surface area contributed by atoms with E-state index in [4.69, 9.17) is 6.42 Å². The molecule has 0 unspecified atom stereocenters. The van der Waals surface area contributed by atoms with Gasteiger partial charge in [-0.05, 0) is 6.42 Å². The molecular formula is C2HCeCl2-2. The minimum atomic E-state index is 0. The molecule has 0 N–H and O–H groups in total. The van der Waals surface area contributed by atoms with Crippen LogP contribution in [0.3, 0.4) is 0 Å². The first-order valence-electron chi connectivity index (χ1n) is 0.289. The Bertz CT molecular complexity index is 12.4. The zero-order valence-electron chi connectivity index (χ0n) is 2.33. The molecule has 0 saturated heterocycles. The largest absolute Gasteiger partial charge is 1.00 e. The van der Waals surface area contributed by atoms with Gasteiger partial charge in [0.1, 0.15) is 0 Å². The van der Waals surface area contributed by atoms with Gasteiger partial charge in [-0.1, -0.05) is 0 Å². The van der Waals surface area contributed by atoms with Gasteiger partial charge >= 0.3 is 0 Å². The van der Waals surface area contributed by atoms with Crippen LogP contribution >= 0.6 is 0 Å². The molecular weight excluding hydrogens is 235 g/mol. The Hall–Kier alpha value is 1.52. The summed E-state index contributed by atoms with van der Waals surface area (Å²) in [6, 6.07) is 0. The van der Waals surface area contributed by atoms with Crippen LogP contribution in [0.15, 0.2) is 0 Å². The third kappa shape index (κ3) is 29.7. The summed E-state index contributed by atoms with van der Waals surface area (Å²) in [5.41, 5.74) is 0.